The molecule has 3 amide bonds. The van der Waals surface area contributed by atoms with Crippen LogP contribution in [0.3, 0.4) is 0 Å². The zero-order chi connectivity index (χ0) is 22.0. The van der Waals surface area contributed by atoms with E-state index < -0.39 is 17.8 Å². The molecule has 1 fully saturated rings. The molecular formula is C24H24N2O5. The maximum absolute atomic E-state index is 12.8. The summed E-state index contributed by atoms with van der Waals surface area (Å²) in [5, 5.41) is 0. The number of carbonyl (C=O) groups excluding carboxylic acids is 4. The van der Waals surface area contributed by atoms with E-state index in [1.54, 1.807) is 4.90 Å². The third kappa shape index (κ3) is 4.21. The monoisotopic (exact) mass is 420 g/mol. The normalized spacial score (nSPS) is 18.2. The predicted octanol–water partition coefficient (Wildman–Crippen LogP) is 3.04. The molecule has 31 heavy (non-hydrogen) atoms. The number of likely N-dealkylation sites (tertiary alicyclic amines) is 1. The summed E-state index contributed by atoms with van der Waals surface area (Å²) in [7, 11) is 0. The molecule has 0 spiro atoms. The number of amides is 3. The number of benzene rings is 2. The molecule has 7 heteroatoms. The van der Waals surface area contributed by atoms with Gasteiger partial charge < -0.3 is 9.64 Å². The Morgan fingerprint density at radius 3 is 2.48 bits per heavy atom. The van der Waals surface area contributed by atoms with Crippen molar-refractivity contribution < 1.29 is 23.9 Å². The van der Waals surface area contributed by atoms with Crippen LogP contribution in [0.4, 0.5) is 0 Å². The average molecular weight is 420 g/mol. The Balaban J connectivity index is 1.43. The minimum Gasteiger partial charge on any atom is -0.452 e. The Labute approximate surface area is 180 Å². The van der Waals surface area contributed by atoms with E-state index in [4.69, 9.17) is 4.74 Å². The summed E-state index contributed by atoms with van der Waals surface area (Å²) in [4.78, 5) is 53.2. The first-order chi connectivity index (χ1) is 15.0. The average Bonchev–Trinajstić information content (AvgIpc) is 3.02. The van der Waals surface area contributed by atoms with Crippen molar-refractivity contribution in [2.75, 3.05) is 13.2 Å². The summed E-state index contributed by atoms with van der Waals surface area (Å²) in [6.07, 6.45) is 2.98. The van der Waals surface area contributed by atoms with E-state index in [2.05, 4.69) is 0 Å². The van der Waals surface area contributed by atoms with Gasteiger partial charge in [0.05, 0.1) is 23.2 Å². The van der Waals surface area contributed by atoms with Gasteiger partial charge >= 0.3 is 5.97 Å². The van der Waals surface area contributed by atoms with Gasteiger partial charge in [0.2, 0.25) is 0 Å². The molecule has 2 aromatic carbocycles. The molecular weight excluding hydrogens is 396 g/mol. The van der Waals surface area contributed by atoms with Gasteiger partial charge in [-0.2, -0.15) is 0 Å². The topological polar surface area (TPSA) is 84.0 Å². The van der Waals surface area contributed by atoms with E-state index in [0.717, 1.165) is 29.7 Å². The van der Waals surface area contributed by atoms with Gasteiger partial charge in [-0.3, -0.25) is 19.3 Å². The lowest BCUT2D eigenvalue weighted by atomic mass is 10.0. The standard InChI is InChI=1S/C24H24N2O5/c1-16-7-5-6-12-25(16)21(27)15-31-24(30)18-10-11-19-20(13-18)23(29)26(22(19)28)14-17-8-3-2-4-9-17/h2-4,8-11,13,16H,5-7,12,14-15H2,1H3. The predicted molar refractivity (Wildman–Crippen MR) is 112 cm³/mol. The van der Waals surface area contributed by atoms with Crippen molar-refractivity contribution in [1.82, 2.24) is 9.80 Å². The summed E-state index contributed by atoms with van der Waals surface area (Å²) in [6, 6.07) is 13.6. The van der Waals surface area contributed by atoms with E-state index >= 15 is 0 Å². The first kappa shape index (κ1) is 20.8. The molecule has 0 saturated carbocycles. The number of ether oxygens (including phenoxy) is 1. The fourth-order valence-corrected chi connectivity index (χ4v) is 4.09. The summed E-state index contributed by atoms with van der Waals surface area (Å²) >= 11 is 0. The second kappa shape index (κ2) is 8.71. The lowest BCUT2D eigenvalue weighted by Gasteiger charge is -2.33. The molecule has 0 aliphatic carbocycles. The van der Waals surface area contributed by atoms with Gasteiger partial charge in [0.15, 0.2) is 6.61 Å². The highest BCUT2D eigenvalue weighted by Gasteiger charge is 2.36. The SMILES string of the molecule is CC1CCCCN1C(=O)COC(=O)c1ccc2c(c1)C(=O)N(Cc1ccccc1)C2=O. The fraction of sp³-hybridized carbons (Fsp3) is 0.333. The molecule has 0 N–H and O–H groups in total. The first-order valence-corrected chi connectivity index (χ1v) is 10.5. The van der Waals surface area contributed by atoms with E-state index in [0.29, 0.717) is 6.54 Å². The molecule has 2 aliphatic rings. The van der Waals surface area contributed by atoms with Crippen LogP contribution in [0.15, 0.2) is 48.5 Å². The number of piperidine rings is 1. The molecule has 0 radical (unpaired) electrons. The number of hydrogen-bond acceptors (Lipinski definition) is 5. The Kier molecular flexibility index (Phi) is 5.84. The van der Waals surface area contributed by atoms with Crippen molar-refractivity contribution in [1.29, 1.82) is 0 Å². The number of nitrogens with zero attached hydrogens (tertiary/aromatic N) is 2. The van der Waals surface area contributed by atoms with Gasteiger partial charge in [-0.25, -0.2) is 4.79 Å². The van der Waals surface area contributed by atoms with E-state index in [-0.39, 0.29) is 41.8 Å². The number of fused-ring (bicyclic) bond motifs is 1. The molecule has 1 atom stereocenters. The highest BCUT2D eigenvalue weighted by atomic mass is 16.5. The first-order valence-electron chi connectivity index (χ1n) is 10.5. The molecule has 2 aromatic rings. The van der Waals surface area contributed by atoms with Gasteiger partial charge in [-0.1, -0.05) is 30.3 Å². The van der Waals surface area contributed by atoms with Gasteiger partial charge in [0.1, 0.15) is 0 Å². The summed E-state index contributed by atoms with van der Waals surface area (Å²) in [5.74, 6) is -1.75. The van der Waals surface area contributed by atoms with Gasteiger partial charge in [0.25, 0.3) is 17.7 Å². The van der Waals surface area contributed by atoms with Crippen LogP contribution in [0, 0.1) is 0 Å². The van der Waals surface area contributed by atoms with E-state index in [1.165, 1.54) is 18.2 Å². The van der Waals surface area contributed by atoms with Gasteiger partial charge in [-0.15, -0.1) is 0 Å². The minimum absolute atomic E-state index is 0.138. The van der Waals surface area contributed by atoms with Crippen LogP contribution in [0.25, 0.3) is 0 Å². The maximum atomic E-state index is 12.8. The second-order valence-corrected chi connectivity index (χ2v) is 7.95. The Hall–Kier alpha value is -3.48. The zero-order valence-corrected chi connectivity index (χ0v) is 17.4. The maximum Gasteiger partial charge on any atom is 0.338 e. The Morgan fingerprint density at radius 1 is 1.00 bits per heavy atom. The van der Waals surface area contributed by atoms with Gasteiger partial charge in [-0.05, 0) is 49.9 Å². The van der Waals surface area contributed by atoms with Crippen LogP contribution in [0.5, 0.6) is 0 Å². The van der Waals surface area contributed by atoms with Crippen molar-refractivity contribution in [3.05, 3.63) is 70.8 Å². The summed E-state index contributed by atoms with van der Waals surface area (Å²) in [5.41, 5.74) is 1.41. The molecule has 1 unspecified atom stereocenters. The third-order valence-corrected chi connectivity index (χ3v) is 5.84. The number of hydrogen-bond donors (Lipinski definition) is 0. The molecule has 160 valence electrons. The van der Waals surface area contributed by atoms with E-state index in [1.807, 2.05) is 37.3 Å². The van der Waals surface area contributed by atoms with Crippen LogP contribution < -0.4 is 0 Å². The second-order valence-electron chi connectivity index (χ2n) is 7.95. The number of imide groups is 1. The third-order valence-electron chi connectivity index (χ3n) is 5.84. The van der Waals surface area contributed by atoms with Crippen LogP contribution in [0.1, 0.15) is 62.8 Å². The van der Waals surface area contributed by atoms with Crippen LogP contribution in [-0.4, -0.2) is 52.7 Å². The Bertz CT molecular complexity index is 1030. The summed E-state index contributed by atoms with van der Waals surface area (Å²) in [6.45, 7) is 2.48. The lowest BCUT2D eigenvalue weighted by molar-refractivity contribution is -0.137. The smallest absolute Gasteiger partial charge is 0.338 e. The molecule has 2 heterocycles. The number of esters is 1. The molecule has 7 nitrogen and oxygen atoms in total. The fourth-order valence-electron chi connectivity index (χ4n) is 4.09. The number of carbonyl (C=O) groups is 4. The Morgan fingerprint density at radius 2 is 1.74 bits per heavy atom. The highest BCUT2D eigenvalue weighted by molar-refractivity contribution is 6.21. The van der Waals surface area contributed by atoms with Crippen LogP contribution in [-0.2, 0) is 16.1 Å². The zero-order valence-electron chi connectivity index (χ0n) is 17.4. The minimum atomic E-state index is -0.692. The number of rotatable bonds is 5. The summed E-state index contributed by atoms with van der Waals surface area (Å²) < 4.78 is 5.20. The van der Waals surface area contributed by atoms with Crippen LogP contribution in [0.2, 0.25) is 0 Å². The van der Waals surface area contributed by atoms with Gasteiger partial charge in [0, 0.05) is 12.6 Å². The quantitative estimate of drug-likeness (QED) is 0.548. The van der Waals surface area contributed by atoms with Crippen molar-refractivity contribution in [2.24, 2.45) is 0 Å². The van der Waals surface area contributed by atoms with Crippen molar-refractivity contribution in [3.63, 3.8) is 0 Å². The lowest BCUT2D eigenvalue weighted by Crippen LogP contribution is -2.44. The van der Waals surface area contributed by atoms with E-state index in [9.17, 15) is 19.2 Å². The van der Waals surface area contributed by atoms with Crippen LogP contribution >= 0.6 is 0 Å². The highest BCUT2D eigenvalue weighted by Crippen LogP contribution is 2.26. The molecule has 0 bridgehead atoms. The molecule has 2 aliphatic heterocycles. The van der Waals surface area contributed by atoms with Crippen molar-refractivity contribution in [2.45, 2.75) is 38.8 Å². The molecule has 4 rings (SSSR count). The van der Waals surface area contributed by atoms with Crippen molar-refractivity contribution >= 4 is 23.7 Å². The largest absolute Gasteiger partial charge is 0.452 e. The molecule has 1 saturated heterocycles. The van der Waals surface area contributed by atoms with Crippen molar-refractivity contribution in [3.8, 4) is 0 Å². The molecule has 0 aromatic heterocycles.